The second kappa shape index (κ2) is 47.9. The van der Waals surface area contributed by atoms with Gasteiger partial charge in [-0.05, 0) is 83.5 Å². The molecule has 58 heavy (non-hydrogen) atoms. The van der Waals surface area contributed by atoms with Crippen LogP contribution in [-0.4, -0.2) is 37.9 Å². The molecule has 0 aromatic carbocycles. The zero-order valence-electron chi connectivity index (χ0n) is 37.5. The van der Waals surface area contributed by atoms with E-state index in [0.29, 0.717) is 13.0 Å². The van der Waals surface area contributed by atoms with E-state index in [1.54, 1.807) is 0 Å². The number of unbranched alkanes of at least 4 members (excludes halogenated alkanes) is 13. The molecule has 0 saturated heterocycles. The van der Waals surface area contributed by atoms with E-state index in [-0.39, 0.29) is 31.6 Å². The number of allylic oxidation sites excluding steroid dienone is 17. The van der Waals surface area contributed by atoms with Crippen LogP contribution in [0.25, 0.3) is 0 Å². The number of carbonyl (C=O) groups is 2. The van der Waals surface area contributed by atoms with Crippen LogP contribution >= 0.6 is 0 Å². The van der Waals surface area contributed by atoms with Crippen LogP contribution in [0, 0.1) is 0 Å². The van der Waals surface area contributed by atoms with Gasteiger partial charge in [0.1, 0.15) is 6.61 Å². The van der Waals surface area contributed by atoms with Crippen LogP contribution in [-0.2, 0) is 23.8 Å². The van der Waals surface area contributed by atoms with Crippen LogP contribution < -0.4 is 0 Å². The van der Waals surface area contributed by atoms with Crippen LogP contribution in [0.15, 0.2) is 109 Å². The largest absolute Gasteiger partial charge is 0.461 e. The first-order valence-corrected chi connectivity index (χ1v) is 23.4. The molecule has 0 rings (SSSR count). The number of rotatable bonds is 41. The molecule has 0 aliphatic rings. The highest BCUT2D eigenvalue weighted by atomic mass is 16.6. The molecule has 0 aromatic rings. The second-order valence-corrected chi connectivity index (χ2v) is 14.9. The Bertz CT molecular complexity index is 1180. The van der Waals surface area contributed by atoms with E-state index in [9.17, 15) is 9.59 Å². The summed E-state index contributed by atoms with van der Waals surface area (Å²) in [4.78, 5) is 25.1. The molecule has 0 N–H and O–H groups in total. The third-order valence-corrected chi connectivity index (χ3v) is 9.34. The quantitative estimate of drug-likeness (QED) is 0.0350. The lowest BCUT2D eigenvalue weighted by Gasteiger charge is -2.18. The third-order valence-electron chi connectivity index (χ3n) is 9.34. The van der Waals surface area contributed by atoms with Gasteiger partial charge in [0, 0.05) is 13.0 Å². The summed E-state index contributed by atoms with van der Waals surface area (Å²) in [5.41, 5.74) is 0. The van der Waals surface area contributed by atoms with Crippen molar-refractivity contribution in [1.29, 1.82) is 0 Å². The highest BCUT2D eigenvalue weighted by Gasteiger charge is 2.17. The lowest BCUT2D eigenvalue weighted by molar-refractivity contribution is -0.162. The van der Waals surface area contributed by atoms with Gasteiger partial charge in [0.2, 0.25) is 0 Å². The van der Waals surface area contributed by atoms with Gasteiger partial charge in [0.05, 0.1) is 13.0 Å². The molecule has 0 aromatic heterocycles. The summed E-state index contributed by atoms with van der Waals surface area (Å²) < 4.78 is 17.2. The van der Waals surface area contributed by atoms with Crippen molar-refractivity contribution in [3.8, 4) is 0 Å². The fraction of sp³-hybridized carbons (Fsp3) is 0.623. The first-order chi connectivity index (χ1) is 28.6. The van der Waals surface area contributed by atoms with E-state index in [2.05, 4.69) is 118 Å². The van der Waals surface area contributed by atoms with Crippen LogP contribution in [0.5, 0.6) is 0 Å². The molecule has 0 fully saturated rings. The van der Waals surface area contributed by atoms with Gasteiger partial charge in [0.15, 0.2) is 6.10 Å². The number of ether oxygens (including phenoxy) is 3. The van der Waals surface area contributed by atoms with Crippen molar-refractivity contribution in [2.24, 2.45) is 0 Å². The highest BCUT2D eigenvalue weighted by molar-refractivity contribution is 5.71. The van der Waals surface area contributed by atoms with Gasteiger partial charge >= 0.3 is 11.9 Å². The van der Waals surface area contributed by atoms with E-state index in [1.165, 1.54) is 57.8 Å². The lowest BCUT2D eigenvalue weighted by atomic mass is 10.1. The van der Waals surface area contributed by atoms with Gasteiger partial charge in [-0.1, -0.05) is 201 Å². The van der Waals surface area contributed by atoms with Crippen molar-refractivity contribution in [3.05, 3.63) is 109 Å². The van der Waals surface area contributed by atoms with Crippen LogP contribution in [0.3, 0.4) is 0 Å². The predicted octanol–water partition coefficient (Wildman–Crippen LogP) is 15.7. The first-order valence-electron chi connectivity index (χ1n) is 23.4. The average molecular weight is 803 g/mol. The predicted molar refractivity (Wildman–Crippen MR) is 251 cm³/mol. The van der Waals surface area contributed by atoms with Crippen molar-refractivity contribution in [3.63, 3.8) is 0 Å². The van der Waals surface area contributed by atoms with Crippen molar-refractivity contribution in [2.75, 3.05) is 19.8 Å². The van der Waals surface area contributed by atoms with Gasteiger partial charge in [-0.15, -0.1) is 0 Å². The molecule has 0 radical (unpaired) electrons. The standard InChI is InChI=1S/C53H86O5/c1-4-7-10-13-16-18-20-22-24-25-26-27-28-30-32-34-36-39-42-45-48-56-49-51(58-53(55)47-44-41-37-15-12-9-6-3)50-57-52(54)46-43-40-38-35-33-31-29-23-21-19-17-14-11-8-5-2/h7-8,10-11,16-19,22-24,26-27,29,33,35,40,43,51H,4-6,9,12-15,20-21,25,28,30-32,34,36-39,41-42,44-50H2,1-3H3/b10-7-,11-8-,18-16-,19-17-,24-22-,27-26-,29-23-,35-33-,43-40-. The first kappa shape index (κ1) is 54.6. The highest BCUT2D eigenvalue weighted by Crippen LogP contribution is 2.12. The Morgan fingerprint density at radius 1 is 0.414 bits per heavy atom. The Labute approximate surface area is 357 Å². The zero-order chi connectivity index (χ0) is 42.1. The minimum absolute atomic E-state index is 0.0210. The van der Waals surface area contributed by atoms with Crippen molar-refractivity contribution >= 4 is 11.9 Å². The number of carbonyl (C=O) groups excluding carboxylic acids is 2. The van der Waals surface area contributed by atoms with E-state index in [4.69, 9.17) is 14.2 Å². The molecule has 0 aliphatic carbocycles. The lowest BCUT2D eigenvalue weighted by Crippen LogP contribution is -2.30. The molecule has 5 nitrogen and oxygen atoms in total. The van der Waals surface area contributed by atoms with Gasteiger partial charge in [-0.3, -0.25) is 9.59 Å². The molecular weight excluding hydrogens is 717 g/mol. The fourth-order valence-electron chi connectivity index (χ4n) is 5.93. The molecule has 1 unspecified atom stereocenters. The van der Waals surface area contributed by atoms with E-state index >= 15 is 0 Å². The second-order valence-electron chi connectivity index (χ2n) is 14.9. The van der Waals surface area contributed by atoms with E-state index in [0.717, 1.165) is 96.3 Å². The Kier molecular flexibility index (Phi) is 45.1. The summed E-state index contributed by atoms with van der Waals surface area (Å²) in [6.45, 7) is 7.41. The van der Waals surface area contributed by atoms with Gasteiger partial charge in [-0.2, -0.15) is 0 Å². The summed E-state index contributed by atoms with van der Waals surface area (Å²) in [6, 6.07) is 0. The fourth-order valence-corrected chi connectivity index (χ4v) is 5.93. The zero-order valence-corrected chi connectivity index (χ0v) is 37.5. The Balaban J connectivity index is 4.28. The monoisotopic (exact) mass is 803 g/mol. The van der Waals surface area contributed by atoms with Crippen LogP contribution in [0.1, 0.15) is 188 Å². The maximum Gasteiger partial charge on any atom is 0.309 e. The summed E-state index contributed by atoms with van der Waals surface area (Å²) in [6.07, 6.45) is 65.6. The molecule has 5 heteroatoms. The normalized spacial score (nSPS) is 13.2. The Morgan fingerprint density at radius 2 is 0.828 bits per heavy atom. The van der Waals surface area contributed by atoms with Gasteiger partial charge in [0.25, 0.3) is 0 Å². The maximum atomic E-state index is 12.6. The Hall–Kier alpha value is -3.44. The smallest absolute Gasteiger partial charge is 0.309 e. The molecule has 1 atom stereocenters. The maximum absolute atomic E-state index is 12.6. The summed E-state index contributed by atoms with van der Waals surface area (Å²) in [5, 5.41) is 0. The summed E-state index contributed by atoms with van der Waals surface area (Å²) in [7, 11) is 0. The number of esters is 2. The summed E-state index contributed by atoms with van der Waals surface area (Å²) >= 11 is 0. The SMILES string of the molecule is CC/C=C\C/C=C\C/C=C\C/C=C\C/C=C\CC(=O)OCC(COCCCCCCCCC/C=C\C/C=C\C/C=C\C/C=C\CC)OC(=O)CCCCCCCCC. The number of hydrogen-bond acceptors (Lipinski definition) is 5. The molecule has 0 heterocycles. The minimum atomic E-state index is -0.584. The van der Waals surface area contributed by atoms with E-state index < -0.39 is 6.10 Å². The van der Waals surface area contributed by atoms with Crippen LogP contribution in [0.2, 0.25) is 0 Å². The number of hydrogen-bond donors (Lipinski definition) is 0. The minimum Gasteiger partial charge on any atom is -0.461 e. The molecule has 0 aliphatic heterocycles. The summed E-state index contributed by atoms with van der Waals surface area (Å²) in [5.74, 6) is -0.564. The molecule has 0 saturated carbocycles. The van der Waals surface area contributed by atoms with Gasteiger partial charge < -0.3 is 14.2 Å². The molecule has 0 amide bonds. The third kappa shape index (κ3) is 45.3. The topological polar surface area (TPSA) is 61.8 Å². The Morgan fingerprint density at radius 3 is 1.33 bits per heavy atom. The van der Waals surface area contributed by atoms with Crippen molar-refractivity contribution < 1.29 is 23.8 Å². The molecule has 0 bridgehead atoms. The van der Waals surface area contributed by atoms with E-state index in [1.807, 2.05) is 12.2 Å². The molecular formula is C53H86O5. The molecule has 0 spiro atoms. The van der Waals surface area contributed by atoms with Crippen molar-refractivity contribution in [2.45, 2.75) is 194 Å². The van der Waals surface area contributed by atoms with Crippen molar-refractivity contribution in [1.82, 2.24) is 0 Å². The average Bonchev–Trinajstić information content (AvgIpc) is 3.22. The van der Waals surface area contributed by atoms with Gasteiger partial charge in [-0.25, -0.2) is 0 Å². The molecule has 328 valence electrons. The van der Waals surface area contributed by atoms with Crippen LogP contribution in [0.4, 0.5) is 0 Å².